The van der Waals surface area contributed by atoms with Crippen LogP contribution in [-0.4, -0.2) is 55.9 Å². The van der Waals surface area contributed by atoms with Gasteiger partial charge in [-0.3, -0.25) is 0 Å². The molecular weight excluding hydrogens is 306 g/mol. The minimum atomic E-state index is 0.146. The van der Waals surface area contributed by atoms with Crippen molar-refractivity contribution < 1.29 is 14.6 Å². The van der Waals surface area contributed by atoms with Gasteiger partial charge in [0.15, 0.2) is 17.5 Å². The summed E-state index contributed by atoms with van der Waals surface area (Å²) < 4.78 is 10.6. The zero-order chi connectivity index (χ0) is 17.4. The number of nitrogens with one attached hydrogen (secondary N) is 1. The number of methoxy groups -OCH3 is 1. The highest BCUT2D eigenvalue weighted by atomic mass is 16.5. The summed E-state index contributed by atoms with van der Waals surface area (Å²) in [5.41, 5.74) is 0.953. The molecule has 1 aliphatic heterocycles. The molecule has 0 bridgehead atoms. The van der Waals surface area contributed by atoms with Crippen molar-refractivity contribution in [2.45, 2.75) is 26.8 Å². The van der Waals surface area contributed by atoms with Crippen molar-refractivity contribution in [3.8, 4) is 11.5 Å². The number of phenols is 1. The Bertz CT molecular complexity index is 548. The lowest BCUT2D eigenvalue weighted by molar-refractivity contribution is 0.114. The fourth-order valence-electron chi connectivity index (χ4n) is 2.87. The molecule has 6 heteroatoms. The summed E-state index contributed by atoms with van der Waals surface area (Å²) in [6.45, 7) is 9.01. The van der Waals surface area contributed by atoms with Gasteiger partial charge in [0.25, 0.3) is 0 Å². The Morgan fingerprint density at radius 2 is 2.25 bits per heavy atom. The second-order valence-corrected chi connectivity index (χ2v) is 5.94. The van der Waals surface area contributed by atoms with Crippen molar-refractivity contribution in [1.82, 2.24) is 10.2 Å². The van der Waals surface area contributed by atoms with Crippen LogP contribution in [0.1, 0.15) is 25.8 Å². The molecule has 1 unspecified atom stereocenters. The Morgan fingerprint density at radius 3 is 2.92 bits per heavy atom. The first-order valence-electron chi connectivity index (χ1n) is 8.64. The van der Waals surface area contributed by atoms with E-state index in [0.29, 0.717) is 18.2 Å². The van der Waals surface area contributed by atoms with E-state index in [2.05, 4.69) is 17.1 Å². The van der Waals surface area contributed by atoms with Crippen LogP contribution in [-0.2, 0) is 11.3 Å². The minimum Gasteiger partial charge on any atom is -0.504 e. The maximum Gasteiger partial charge on any atom is 0.194 e. The largest absolute Gasteiger partial charge is 0.504 e. The van der Waals surface area contributed by atoms with E-state index in [0.717, 1.165) is 50.8 Å². The number of ether oxygens (including phenoxy) is 2. The van der Waals surface area contributed by atoms with E-state index in [1.807, 2.05) is 13.0 Å². The van der Waals surface area contributed by atoms with Gasteiger partial charge in [-0.05, 0) is 38.0 Å². The van der Waals surface area contributed by atoms with E-state index in [4.69, 9.17) is 14.5 Å². The molecule has 1 aliphatic rings. The molecule has 0 spiro atoms. The first-order valence-corrected chi connectivity index (χ1v) is 8.64. The van der Waals surface area contributed by atoms with E-state index in [1.165, 1.54) is 0 Å². The van der Waals surface area contributed by atoms with Crippen LogP contribution in [0.15, 0.2) is 23.2 Å². The highest BCUT2D eigenvalue weighted by Gasteiger charge is 2.24. The maximum atomic E-state index is 9.88. The van der Waals surface area contributed by atoms with Crippen molar-refractivity contribution in [3.63, 3.8) is 0 Å². The number of aromatic hydroxyl groups is 1. The smallest absolute Gasteiger partial charge is 0.194 e. The Labute approximate surface area is 144 Å². The van der Waals surface area contributed by atoms with Gasteiger partial charge in [-0.1, -0.05) is 6.07 Å². The molecule has 0 amide bonds. The summed E-state index contributed by atoms with van der Waals surface area (Å²) in [5.74, 6) is 2.12. The Kier molecular flexibility index (Phi) is 7.18. The van der Waals surface area contributed by atoms with Crippen molar-refractivity contribution in [1.29, 1.82) is 0 Å². The fourth-order valence-corrected chi connectivity index (χ4v) is 2.87. The van der Waals surface area contributed by atoms with Crippen molar-refractivity contribution in [2.75, 3.05) is 40.0 Å². The number of hydrogen-bond donors (Lipinski definition) is 2. The third-order valence-corrected chi connectivity index (χ3v) is 4.13. The first-order chi connectivity index (χ1) is 11.7. The van der Waals surface area contributed by atoms with Gasteiger partial charge in [0, 0.05) is 32.2 Å². The van der Waals surface area contributed by atoms with Crippen LogP contribution < -0.4 is 10.1 Å². The van der Waals surface area contributed by atoms with Gasteiger partial charge in [-0.2, -0.15) is 0 Å². The molecule has 1 aromatic rings. The first kappa shape index (κ1) is 18.4. The van der Waals surface area contributed by atoms with E-state index in [1.54, 1.807) is 19.2 Å². The Balaban J connectivity index is 1.99. The summed E-state index contributed by atoms with van der Waals surface area (Å²) in [6.07, 6.45) is 1.13. The van der Waals surface area contributed by atoms with Crippen LogP contribution in [0, 0.1) is 5.92 Å². The number of nitrogens with zero attached hydrogens (tertiary/aromatic N) is 2. The number of rotatable bonds is 7. The standard InChI is InChI=1S/C18H29N3O3/c1-4-19-18(21-9-8-15(12-21)13-24-5-2)20-11-14-6-7-17(23-3)16(22)10-14/h6-7,10,15,22H,4-5,8-9,11-13H2,1-3H3,(H,19,20). The molecule has 2 rings (SSSR count). The molecule has 24 heavy (non-hydrogen) atoms. The van der Waals surface area contributed by atoms with Gasteiger partial charge in [-0.25, -0.2) is 4.99 Å². The summed E-state index contributed by atoms with van der Waals surface area (Å²) in [5, 5.41) is 13.2. The maximum absolute atomic E-state index is 9.88. The molecule has 0 radical (unpaired) electrons. The zero-order valence-electron chi connectivity index (χ0n) is 14.9. The lowest BCUT2D eigenvalue weighted by Crippen LogP contribution is -2.40. The SMILES string of the molecule is CCNC(=NCc1ccc(OC)c(O)c1)N1CCC(COCC)C1. The number of benzene rings is 1. The molecule has 1 heterocycles. The van der Waals surface area contributed by atoms with Crippen LogP contribution in [0.2, 0.25) is 0 Å². The fraction of sp³-hybridized carbons (Fsp3) is 0.611. The summed E-state index contributed by atoms with van der Waals surface area (Å²) in [7, 11) is 1.54. The molecule has 6 nitrogen and oxygen atoms in total. The third kappa shape index (κ3) is 5.03. The average molecular weight is 335 g/mol. The second-order valence-electron chi connectivity index (χ2n) is 5.94. The molecule has 1 fully saturated rings. The molecule has 1 atom stereocenters. The lowest BCUT2D eigenvalue weighted by Gasteiger charge is -2.21. The van der Waals surface area contributed by atoms with Gasteiger partial charge in [0.1, 0.15) is 0 Å². The number of aliphatic imine (C=N–C) groups is 1. The van der Waals surface area contributed by atoms with Crippen LogP contribution in [0.5, 0.6) is 11.5 Å². The second kappa shape index (κ2) is 9.37. The predicted octanol–water partition coefficient (Wildman–Crippen LogP) is 2.22. The van der Waals surface area contributed by atoms with Crippen molar-refractivity contribution in [3.05, 3.63) is 23.8 Å². The normalized spacial score (nSPS) is 18.0. The number of likely N-dealkylation sites (tertiary alicyclic amines) is 1. The summed E-state index contributed by atoms with van der Waals surface area (Å²) in [6, 6.07) is 5.39. The predicted molar refractivity (Wildman–Crippen MR) is 95.6 cm³/mol. The van der Waals surface area contributed by atoms with Gasteiger partial charge in [-0.15, -0.1) is 0 Å². The average Bonchev–Trinajstić information content (AvgIpc) is 3.05. The Hall–Kier alpha value is -1.95. The summed E-state index contributed by atoms with van der Waals surface area (Å²) in [4.78, 5) is 7.00. The molecule has 0 aliphatic carbocycles. The molecule has 2 N–H and O–H groups in total. The van der Waals surface area contributed by atoms with Crippen LogP contribution in [0.25, 0.3) is 0 Å². The molecule has 0 aromatic heterocycles. The van der Waals surface area contributed by atoms with Gasteiger partial charge >= 0.3 is 0 Å². The van der Waals surface area contributed by atoms with E-state index < -0.39 is 0 Å². The van der Waals surface area contributed by atoms with E-state index in [9.17, 15) is 5.11 Å². The highest BCUT2D eigenvalue weighted by Crippen LogP contribution is 2.26. The molecule has 134 valence electrons. The third-order valence-electron chi connectivity index (χ3n) is 4.13. The lowest BCUT2D eigenvalue weighted by atomic mass is 10.1. The highest BCUT2D eigenvalue weighted by molar-refractivity contribution is 5.80. The number of guanidine groups is 1. The van der Waals surface area contributed by atoms with Crippen molar-refractivity contribution >= 4 is 5.96 Å². The van der Waals surface area contributed by atoms with Crippen LogP contribution in [0.4, 0.5) is 0 Å². The van der Waals surface area contributed by atoms with Gasteiger partial charge < -0.3 is 24.8 Å². The minimum absolute atomic E-state index is 0.146. The quantitative estimate of drug-likeness (QED) is 0.591. The molecule has 0 saturated carbocycles. The molecular formula is C18H29N3O3. The molecule has 1 saturated heterocycles. The summed E-state index contributed by atoms with van der Waals surface area (Å²) >= 11 is 0. The van der Waals surface area contributed by atoms with Gasteiger partial charge in [0.2, 0.25) is 0 Å². The Morgan fingerprint density at radius 1 is 1.42 bits per heavy atom. The van der Waals surface area contributed by atoms with E-state index >= 15 is 0 Å². The van der Waals surface area contributed by atoms with E-state index in [-0.39, 0.29) is 5.75 Å². The van der Waals surface area contributed by atoms with Crippen molar-refractivity contribution in [2.24, 2.45) is 10.9 Å². The molecule has 1 aromatic carbocycles. The topological polar surface area (TPSA) is 66.3 Å². The number of phenolic OH excluding ortho intramolecular Hbond substituents is 1. The number of hydrogen-bond acceptors (Lipinski definition) is 4. The zero-order valence-corrected chi connectivity index (χ0v) is 14.9. The van der Waals surface area contributed by atoms with Crippen LogP contribution >= 0.6 is 0 Å². The van der Waals surface area contributed by atoms with Crippen LogP contribution in [0.3, 0.4) is 0 Å². The van der Waals surface area contributed by atoms with Gasteiger partial charge in [0.05, 0.1) is 20.3 Å². The monoisotopic (exact) mass is 335 g/mol.